The van der Waals surface area contributed by atoms with E-state index in [1.165, 1.54) is 5.56 Å². The van der Waals surface area contributed by atoms with Gasteiger partial charge in [0.25, 0.3) is 0 Å². The molecular weight excluding hydrogens is 324 g/mol. The molecule has 0 saturated carbocycles. The van der Waals surface area contributed by atoms with Crippen molar-refractivity contribution in [2.75, 3.05) is 5.33 Å². The highest BCUT2D eigenvalue weighted by Crippen LogP contribution is 2.18. The third kappa shape index (κ3) is 4.36. The molecule has 0 aliphatic carbocycles. The second kappa shape index (κ2) is 7.11. The number of aryl methyl sites for hydroxylation is 2. The van der Waals surface area contributed by atoms with Gasteiger partial charge in [-0.15, -0.1) is 0 Å². The summed E-state index contributed by atoms with van der Waals surface area (Å²) in [6.07, 6.45) is 7.09. The van der Waals surface area contributed by atoms with Gasteiger partial charge >= 0.3 is 0 Å². The largest absolute Gasteiger partial charge is 0.338 e. The highest BCUT2D eigenvalue weighted by molar-refractivity contribution is 9.09. The molecule has 0 radical (unpaired) electrons. The van der Waals surface area contributed by atoms with E-state index in [-0.39, 0.29) is 0 Å². The molecule has 0 bridgehead atoms. The summed E-state index contributed by atoms with van der Waals surface area (Å²) in [4.78, 5) is 4.37. The molecule has 2 aromatic rings. The van der Waals surface area contributed by atoms with Crippen LogP contribution in [0.4, 0.5) is 0 Å². The molecule has 0 fully saturated rings. The summed E-state index contributed by atoms with van der Waals surface area (Å²) in [6.45, 7) is 0. The Bertz CT molecular complexity index is 507. The van der Waals surface area contributed by atoms with Crippen LogP contribution in [0.15, 0.2) is 36.7 Å². The van der Waals surface area contributed by atoms with Crippen molar-refractivity contribution in [2.45, 2.75) is 19.3 Å². The van der Waals surface area contributed by atoms with Crippen molar-refractivity contribution < 1.29 is 0 Å². The molecule has 1 unspecified atom stereocenters. The molecule has 2 nitrogen and oxygen atoms in total. The van der Waals surface area contributed by atoms with Gasteiger partial charge in [-0.25, -0.2) is 4.98 Å². The molecular formula is C15H18BrClN2. The van der Waals surface area contributed by atoms with E-state index in [0.29, 0.717) is 5.92 Å². The van der Waals surface area contributed by atoms with Gasteiger partial charge in [0.2, 0.25) is 0 Å². The van der Waals surface area contributed by atoms with E-state index < -0.39 is 0 Å². The normalized spacial score (nSPS) is 12.6. The zero-order chi connectivity index (χ0) is 13.7. The molecule has 19 heavy (non-hydrogen) atoms. The van der Waals surface area contributed by atoms with Gasteiger partial charge in [0.05, 0.1) is 0 Å². The Labute approximate surface area is 127 Å². The lowest BCUT2D eigenvalue weighted by atomic mass is 9.96. The van der Waals surface area contributed by atoms with Crippen LogP contribution in [0, 0.1) is 5.92 Å². The van der Waals surface area contributed by atoms with Crippen LogP contribution in [0.5, 0.6) is 0 Å². The van der Waals surface area contributed by atoms with Crippen LogP contribution in [-0.4, -0.2) is 14.9 Å². The van der Waals surface area contributed by atoms with E-state index in [0.717, 1.165) is 35.4 Å². The first kappa shape index (κ1) is 14.6. The number of nitrogens with zero attached hydrogens (tertiary/aromatic N) is 2. The first-order chi connectivity index (χ1) is 9.19. The van der Waals surface area contributed by atoms with Crippen molar-refractivity contribution in [3.8, 4) is 0 Å². The average Bonchev–Trinajstić information content (AvgIpc) is 2.82. The SMILES string of the molecule is Cn1ccnc1CCC(CBr)Cc1ccc(Cl)cc1. The minimum Gasteiger partial charge on any atom is -0.338 e. The molecule has 0 aliphatic heterocycles. The molecule has 1 atom stereocenters. The molecule has 0 aliphatic rings. The van der Waals surface area contributed by atoms with Gasteiger partial charge < -0.3 is 4.57 Å². The third-order valence-electron chi connectivity index (χ3n) is 3.35. The van der Waals surface area contributed by atoms with E-state index >= 15 is 0 Å². The maximum atomic E-state index is 5.91. The first-order valence-corrected chi connectivity index (χ1v) is 7.95. The highest BCUT2D eigenvalue weighted by atomic mass is 79.9. The van der Waals surface area contributed by atoms with Crippen LogP contribution in [0.3, 0.4) is 0 Å². The quantitative estimate of drug-likeness (QED) is 0.718. The van der Waals surface area contributed by atoms with Crippen molar-refractivity contribution in [3.63, 3.8) is 0 Å². The summed E-state index contributed by atoms with van der Waals surface area (Å²) in [5.74, 6) is 1.78. The Morgan fingerprint density at radius 2 is 2.05 bits per heavy atom. The van der Waals surface area contributed by atoms with Crippen LogP contribution in [-0.2, 0) is 19.9 Å². The highest BCUT2D eigenvalue weighted by Gasteiger charge is 2.10. The summed E-state index contributed by atoms with van der Waals surface area (Å²) >= 11 is 9.53. The van der Waals surface area contributed by atoms with Crippen molar-refractivity contribution in [1.82, 2.24) is 9.55 Å². The smallest absolute Gasteiger partial charge is 0.108 e. The molecule has 2 rings (SSSR count). The maximum absolute atomic E-state index is 5.91. The maximum Gasteiger partial charge on any atom is 0.108 e. The third-order valence-corrected chi connectivity index (χ3v) is 4.52. The van der Waals surface area contributed by atoms with Gasteiger partial charge in [0, 0.05) is 36.2 Å². The molecule has 0 spiro atoms. The minimum atomic E-state index is 0.623. The Kier molecular flexibility index (Phi) is 5.46. The molecule has 0 saturated heterocycles. The zero-order valence-corrected chi connectivity index (χ0v) is 13.4. The van der Waals surface area contributed by atoms with Crippen molar-refractivity contribution in [2.24, 2.45) is 13.0 Å². The van der Waals surface area contributed by atoms with Crippen LogP contribution < -0.4 is 0 Å². The van der Waals surface area contributed by atoms with E-state index in [9.17, 15) is 0 Å². The molecule has 1 aromatic carbocycles. The number of benzene rings is 1. The number of halogens is 2. The predicted molar refractivity (Wildman–Crippen MR) is 84.0 cm³/mol. The Balaban J connectivity index is 1.90. The first-order valence-electron chi connectivity index (χ1n) is 6.45. The van der Waals surface area contributed by atoms with E-state index in [1.807, 2.05) is 31.6 Å². The number of alkyl halides is 1. The molecule has 0 amide bonds. The van der Waals surface area contributed by atoms with Crippen molar-refractivity contribution in [1.29, 1.82) is 0 Å². The fraction of sp³-hybridized carbons (Fsp3) is 0.400. The van der Waals surface area contributed by atoms with Gasteiger partial charge in [0.15, 0.2) is 0 Å². The number of rotatable bonds is 6. The molecule has 0 N–H and O–H groups in total. The zero-order valence-electron chi connectivity index (χ0n) is 11.0. The van der Waals surface area contributed by atoms with E-state index in [4.69, 9.17) is 11.6 Å². The Morgan fingerprint density at radius 3 is 2.63 bits per heavy atom. The second-order valence-electron chi connectivity index (χ2n) is 4.84. The van der Waals surface area contributed by atoms with Crippen LogP contribution in [0.2, 0.25) is 5.02 Å². The average molecular weight is 342 g/mol. The fourth-order valence-corrected chi connectivity index (χ4v) is 2.84. The van der Waals surface area contributed by atoms with Crippen LogP contribution in [0.1, 0.15) is 17.8 Å². The Hall–Kier alpha value is -0.800. The summed E-state index contributed by atoms with van der Waals surface area (Å²) in [6, 6.07) is 8.14. The van der Waals surface area contributed by atoms with Gasteiger partial charge in [-0.2, -0.15) is 0 Å². The Morgan fingerprint density at radius 1 is 1.32 bits per heavy atom. The number of imidazole rings is 1. The number of aromatic nitrogens is 2. The molecule has 1 aromatic heterocycles. The summed E-state index contributed by atoms with van der Waals surface area (Å²) in [5.41, 5.74) is 1.34. The van der Waals surface area contributed by atoms with E-state index in [1.54, 1.807) is 0 Å². The minimum absolute atomic E-state index is 0.623. The lowest BCUT2D eigenvalue weighted by Crippen LogP contribution is -2.09. The second-order valence-corrected chi connectivity index (χ2v) is 5.93. The molecule has 1 heterocycles. The van der Waals surface area contributed by atoms with Crippen molar-refractivity contribution >= 4 is 27.5 Å². The molecule has 4 heteroatoms. The standard InChI is InChI=1S/C15H18BrClN2/c1-19-9-8-18-15(19)7-4-13(11-16)10-12-2-5-14(17)6-3-12/h2-3,5-6,8-9,13H,4,7,10-11H2,1H3. The van der Waals surface area contributed by atoms with Crippen LogP contribution in [0.25, 0.3) is 0 Å². The van der Waals surface area contributed by atoms with Gasteiger partial charge in [-0.05, 0) is 36.5 Å². The summed E-state index contributed by atoms with van der Waals surface area (Å²) in [5, 5.41) is 1.81. The monoisotopic (exact) mass is 340 g/mol. The summed E-state index contributed by atoms with van der Waals surface area (Å²) in [7, 11) is 2.05. The topological polar surface area (TPSA) is 17.8 Å². The lowest BCUT2D eigenvalue weighted by molar-refractivity contribution is 0.528. The van der Waals surface area contributed by atoms with Gasteiger partial charge in [-0.1, -0.05) is 39.7 Å². The van der Waals surface area contributed by atoms with Gasteiger partial charge in [0.1, 0.15) is 5.82 Å². The lowest BCUT2D eigenvalue weighted by Gasteiger charge is -2.14. The fourth-order valence-electron chi connectivity index (χ4n) is 2.16. The van der Waals surface area contributed by atoms with E-state index in [2.05, 4.69) is 37.6 Å². The summed E-state index contributed by atoms with van der Waals surface area (Å²) < 4.78 is 2.09. The molecule has 102 valence electrons. The van der Waals surface area contributed by atoms with Gasteiger partial charge in [-0.3, -0.25) is 0 Å². The predicted octanol–water partition coefficient (Wildman–Crippen LogP) is 4.26. The number of hydrogen-bond acceptors (Lipinski definition) is 1. The van der Waals surface area contributed by atoms with Crippen molar-refractivity contribution in [3.05, 3.63) is 53.1 Å². The number of hydrogen-bond donors (Lipinski definition) is 0. The van der Waals surface area contributed by atoms with Crippen LogP contribution >= 0.6 is 27.5 Å².